The highest BCUT2D eigenvalue weighted by molar-refractivity contribution is 5.78. The molecule has 0 spiro atoms. The predicted molar refractivity (Wildman–Crippen MR) is 58.1 cm³/mol. The molecule has 1 rings (SSSR count). The Morgan fingerprint density at radius 1 is 1.60 bits per heavy atom. The molecule has 0 radical (unpaired) electrons. The molecule has 0 saturated carbocycles. The molecule has 0 aliphatic heterocycles. The van der Waals surface area contributed by atoms with Gasteiger partial charge in [-0.05, 0) is 18.1 Å². The average molecular weight is 206 g/mol. The van der Waals surface area contributed by atoms with Crippen molar-refractivity contribution in [2.75, 3.05) is 6.61 Å². The summed E-state index contributed by atoms with van der Waals surface area (Å²) in [7, 11) is 0. The van der Waals surface area contributed by atoms with Gasteiger partial charge in [0.25, 0.3) is 0 Å². The fraction of sp³-hybridized carbons (Fsp3) is 0.250. The van der Waals surface area contributed by atoms with Gasteiger partial charge >= 0.3 is 5.97 Å². The Morgan fingerprint density at radius 3 is 2.87 bits per heavy atom. The first-order valence-corrected chi connectivity index (χ1v) is 4.76. The van der Waals surface area contributed by atoms with Gasteiger partial charge in [-0.25, -0.2) is 4.79 Å². The Balaban J connectivity index is 2.94. The van der Waals surface area contributed by atoms with E-state index in [9.17, 15) is 9.90 Å². The molecule has 0 aliphatic carbocycles. The molecule has 0 aliphatic rings. The lowest BCUT2D eigenvalue weighted by molar-refractivity contribution is -0.153. The Bertz CT molecular complexity index is 358. The van der Waals surface area contributed by atoms with Gasteiger partial charge in [0.15, 0.2) is 6.10 Å². The van der Waals surface area contributed by atoms with Crippen LogP contribution in [0.5, 0.6) is 0 Å². The van der Waals surface area contributed by atoms with Crippen LogP contribution in [0, 0.1) is 0 Å². The normalized spacial score (nSPS) is 11.9. The molecule has 0 aromatic heterocycles. The van der Waals surface area contributed by atoms with Crippen LogP contribution in [0.4, 0.5) is 0 Å². The maximum atomic E-state index is 11.3. The first kappa shape index (κ1) is 11.5. The molecule has 0 heterocycles. The molecule has 0 fully saturated rings. The minimum absolute atomic E-state index is 0.256. The van der Waals surface area contributed by atoms with Crippen molar-refractivity contribution >= 4 is 12.0 Å². The third-order valence-electron chi connectivity index (χ3n) is 2.02. The van der Waals surface area contributed by atoms with Crippen LogP contribution in [0.15, 0.2) is 30.8 Å². The Hall–Kier alpha value is -1.61. The number of carbonyl (C=O) groups is 1. The third kappa shape index (κ3) is 2.67. The van der Waals surface area contributed by atoms with Crippen molar-refractivity contribution in [3.63, 3.8) is 0 Å². The number of esters is 1. The van der Waals surface area contributed by atoms with E-state index in [-0.39, 0.29) is 6.61 Å². The average Bonchev–Trinajstić information content (AvgIpc) is 2.28. The van der Waals surface area contributed by atoms with Gasteiger partial charge in [-0.3, -0.25) is 0 Å². The first-order chi connectivity index (χ1) is 7.20. The monoisotopic (exact) mass is 206 g/mol. The van der Waals surface area contributed by atoms with Gasteiger partial charge in [-0.2, -0.15) is 0 Å². The third-order valence-corrected chi connectivity index (χ3v) is 2.02. The molecule has 80 valence electrons. The first-order valence-electron chi connectivity index (χ1n) is 4.76. The van der Waals surface area contributed by atoms with Crippen LogP contribution in [0.25, 0.3) is 6.08 Å². The highest BCUT2D eigenvalue weighted by Gasteiger charge is 2.20. The number of aliphatic hydroxyl groups excluding tert-OH is 1. The van der Waals surface area contributed by atoms with Gasteiger partial charge in [0.05, 0.1) is 6.61 Å². The van der Waals surface area contributed by atoms with Gasteiger partial charge in [-0.15, -0.1) is 0 Å². The lowest BCUT2D eigenvalue weighted by atomic mass is 10.0. The van der Waals surface area contributed by atoms with E-state index < -0.39 is 12.1 Å². The van der Waals surface area contributed by atoms with E-state index in [2.05, 4.69) is 6.58 Å². The summed E-state index contributed by atoms with van der Waals surface area (Å²) in [6, 6.07) is 7.03. The number of aliphatic hydroxyl groups is 1. The molecule has 0 saturated heterocycles. The maximum absolute atomic E-state index is 11.3. The fourth-order valence-corrected chi connectivity index (χ4v) is 1.29. The fourth-order valence-electron chi connectivity index (χ4n) is 1.29. The molecular weight excluding hydrogens is 192 g/mol. The number of carbonyl (C=O) groups excluding carboxylic acids is 1. The largest absolute Gasteiger partial charge is 0.464 e. The molecule has 0 bridgehead atoms. The molecule has 3 nitrogen and oxygen atoms in total. The van der Waals surface area contributed by atoms with E-state index in [1.165, 1.54) is 0 Å². The molecule has 15 heavy (non-hydrogen) atoms. The van der Waals surface area contributed by atoms with Crippen LogP contribution in [0.2, 0.25) is 0 Å². The second-order valence-corrected chi connectivity index (χ2v) is 2.99. The van der Waals surface area contributed by atoms with E-state index >= 15 is 0 Å². The zero-order chi connectivity index (χ0) is 11.3. The standard InChI is InChI=1S/C12H14O3/c1-3-9-7-5-6-8-10(9)11(13)12(14)15-4-2/h3,5-8,11,13H,1,4H2,2H3. The smallest absolute Gasteiger partial charge is 0.339 e. The van der Waals surface area contributed by atoms with E-state index in [0.29, 0.717) is 5.56 Å². The van der Waals surface area contributed by atoms with E-state index in [0.717, 1.165) is 5.56 Å². The maximum Gasteiger partial charge on any atom is 0.339 e. The summed E-state index contributed by atoms with van der Waals surface area (Å²) in [6.45, 7) is 5.57. The van der Waals surface area contributed by atoms with E-state index in [4.69, 9.17) is 4.74 Å². The van der Waals surface area contributed by atoms with Crippen molar-refractivity contribution in [1.82, 2.24) is 0 Å². The molecule has 1 aromatic carbocycles. The van der Waals surface area contributed by atoms with Crippen LogP contribution >= 0.6 is 0 Å². The van der Waals surface area contributed by atoms with Crippen molar-refractivity contribution in [3.05, 3.63) is 42.0 Å². The van der Waals surface area contributed by atoms with Gasteiger partial charge < -0.3 is 9.84 Å². The van der Waals surface area contributed by atoms with Crippen molar-refractivity contribution in [1.29, 1.82) is 0 Å². The minimum Gasteiger partial charge on any atom is -0.464 e. The molecule has 1 atom stereocenters. The van der Waals surface area contributed by atoms with Gasteiger partial charge in [0, 0.05) is 0 Å². The SMILES string of the molecule is C=Cc1ccccc1C(O)C(=O)OCC. The molecule has 1 aromatic rings. The lowest BCUT2D eigenvalue weighted by Gasteiger charge is -2.12. The Kier molecular flexibility index (Phi) is 4.06. The zero-order valence-electron chi connectivity index (χ0n) is 8.64. The zero-order valence-corrected chi connectivity index (χ0v) is 8.64. The van der Waals surface area contributed by atoms with Crippen molar-refractivity contribution < 1.29 is 14.6 Å². The molecular formula is C12H14O3. The van der Waals surface area contributed by atoms with Crippen LogP contribution in [0.1, 0.15) is 24.2 Å². The van der Waals surface area contributed by atoms with Gasteiger partial charge in [-0.1, -0.05) is 36.9 Å². The molecule has 3 heteroatoms. The van der Waals surface area contributed by atoms with Gasteiger partial charge in [0.2, 0.25) is 0 Å². The summed E-state index contributed by atoms with van der Waals surface area (Å²) >= 11 is 0. The number of rotatable bonds is 4. The van der Waals surface area contributed by atoms with E-state index in [1.54, 1.807) is 31.2 Å². The highest BCUT2D eigenvalue weighted by atomic mass is 16.5. The Labute approximate surface area is 89.0 Å². The summed E-state index contributed by atoms with van der Waals surface area (Å²) in [5.41, 5.74) is 1.25. The van der Waals surface area contributed by atoms with Crippen molar-refractivity contribution in [2.24, 2.45) is 0 Å². The minimum atomic E-state index is -1.24. The summed E-state index contributed by atoms with van der Waals surface area (Å²) in [4.78, 5) is 11.3. The second kappa shape index (κ2) is 5.32. The molecule has 0 amide bonds. The number of hydrogen-bond donors (Lipinski definition) is 1. The van der Waals surface area contributed by atoms with Crippen LogP contribution in [-0.2, 0) is 9.53 Å². The van der Waals surface area contributed by atoms with E-state index in [1.807, 2.05) is 6.07 Å². The topological polar surface area (TPSA) is 46.5 Å². The van der Waals surface area contributed by atoms with Crippen LogP contribution in [0.3, 0.4) is 0 Å². The van der Waals surface area contributed by atoms with Gasteiger partial charge in [0.1, 0.15) is 0 Å². The number of hydrogen-bond acceptors (Lipinski definition) is 3. The molecule has 1 N–H and O–H groups in total. The number of ether oxygens (including phenoxy) is 1. The Morgan fingerprint density at radius 2 is 2.27 bits per heavy atom. The predicted octanol–water partition coefficient (Wildman–Crippen LogP) is 1.93. The number of benzene rings is 1. The van der Waals surface area contributed by atoms with Crippen molar-refractivity contribution in [3.8, 4) is 0 Å². The highest BCUT2D eigenvalue weighted by Crippen LogP contribution is 2.19. The van der Waals surface area contributed by atoms with Crippen LogP contribution in [-0.4, -0.2) is 17.7 Å². The summed E-state index contributed by atoms with van der Waals surface area (Å²) in [5.74, 6) is -0.633. The van der Waals surface area contributed by atoms with Crippen LogP contribution < -0.4 is 0 Å². The summed E-state index contributed by atoms with van der Waals surface area (Å²) in [5, 5.41) is 9.71. The van der Waals surface area contributed by atoms with Crippen molar-refractivity contribution in [2.45, 2.75) is 13.0 Å². The summed E-state index contributed by atoms with van der Waals surface area (Å²) < 4.78 is 4.73. The quantitative estimate of drug-likeness (QED) is 0.765. The molecule has 1 unspecified atom stereocenters. The summed E-state index contributed by atoms with van der Waals surface area (Å²) in [6.07, 6.45) is 0.358. The second-order valence-electron chi connectivity index (χ2n) is 2.99. The lowest BCUT2D eigenvalue weighted by Crippen LogP contribution is -2.16.